The molecule has 9 atom stereocenters. The van der Waals surface area contributed by atoms with Crippen LogP contribution in [-0.4, -0.2) is 28.7 Å². The topological polar surface area (TPSA) is 35.8 Å². The van der Waals surface area contributed by atoms with Crippen molar-refractivity contribution < 1.29 is 0 Å². The number of allylic oxidation sites excluding steroid dienone is 1. The number of fused-ring (bicyclic) bond motifs is 5. The molecule has 4 aliphatic carbocycles. The summed E-state index contributed by atoms with van der Waals surface area (Å²) in [6.07, 6.45) is 16.7. The molecule has 0 heterocycles. The molecule has 0 bridgehead atoms. The van der Waals surface area contributed by atoms with E-state index >= 15 is 0 Å². The molecule has 1 N–H and O–H groups in total. The zero-order valence-electron chi connectivity index (χ0n) is 18.5. The van der Waals surface area contributed by atoms with Crippen LogP contribution in [0.25, 0.3) is 0 Å². The Bertz CT molecular complexity index is 645. The van der Waals surface area contributed by atoms with Crippen LogP contribution in [-0.2, 0) is 0 Å². The van der Waals surface area contributed by atoms with E-state index in [0.29, 0.717) is 10.4 Å². The molecule has 4 fully saturated rings. The summed E-state index contributed by atoms with van der Waals surface area (Å²) in [4.78, 5) is 0. The molecule has 4 rings (SSSR count). The first kappa shape index (κ1) is 22.3. The summed E-state index contributed by atoms with van der Waals surface area (Å²) >= 11 is 3.83. The summed E-state index contributed by atoms with van der Waals surface area (Å²) in [6, 6.07) is 0.585. The third-order valence-electron chi connectivity index (χ3n) is 9.18. The normalized spacial score (nSPS) is 44.8. The Morgan fingerprint density at radius 1 is 1.21 bits per heavy atom. The van der Waals surface area contributed by atoms with Crippen LogP contribution in [0.5, 0.6) is 0 Å². The zero-order valence-corrected chi connectivity index (χ0v) is 21.1. The van der Waals surface area contributed by atoms with E-state index in [1.165, 1.54) is 82.6 Å². The second-order valence-electron chi connectivity index (χ2n) is 10.8. The van der Waals surface area contributed by atoms with Gasteiger partial charge in [-0.2, -0.15) is 0 Å². The van der Waals surface area contributed by atoms with Crippen molar-refractivity contribution in [3.8, 4) is 5.81 Å². The molecular weight excluding hydrogens is 438 g/mol. The van der Waals surface area contributed by atoms with E-state index in [4.69, 9.17) is 0 Å². The minimum atomic E-state index is -0.685. The molecular formula is C25H40N2PSe. The first-order valence-electron chi connectivity index (χ1n) is 12.2. The molecule has 0 aromatic carbocycles. The fourth-order valence-electron chi connectivity index (χ4n) is 8.07. The molecule has 0 spiro atoms. The van der Waals surface area contributed by atoms with Gasteiger partial charge in [0, 0.05) is 0 Å². The van der Waals surface area contributed by atoms with Crippen molar-refractivity contribution in [3.63, 3.8) is 0 Å². The Labute approximate surface area is 188 Å². The van der Waals surface area contributed by atoms with Gasteiger partial charge >= 0.3 is 189 Å². The second kappa shape index (κ2) is 9.33. The standard InChI is InChI=1S/C25H40N2PSe/c1-17(2)7-6-9-19-11-12-22-24-21(13-14-25(19,22)29)20-10-5-4-8-18(20)15-23(24)27-28(3)16-26/h18-24,27H,1,4-15H2,2-3H3. The quantitative estimate of drug-likeness (QED) is 0.259. The summed E-state index contributed by atoms with van der Waals surface area (Å²) in [5.74, 6) is 7.83. The first-order valence-corrected chi connectivity index (χ1v) is 14.8. The van der Waals surface area contributed by atoms with Crippen molar-refractivity contribution in [2.45, 2.75) is 94.3 Å². The van der Waals surface area contributed by atoms with Gasteiger partial charge in [-0.05, 0) is 0 Å². The van der Waals surface area contributed by atoms with E-state index in [0.717, 1.165) is 35.5 Å². The van der Waals surface area contributed by atoms with Crippen molar-refractivity contribution in [2.75, 3.05) is 6.66 Å². The number of hydrogen-bond donors (Lipinski definition) is 1. The fraction of sp³-hybridized carbons (Fsp3) is 0.880. The Morgan fingerprint density at radius 3 is 2.76 bits per heavy atom. The van der Waals surface area contributed by atoms with E-state index in [1.807, 2.05) is 0 Å². The molecule has 0 aromatic rings. The van der Waals surface area contributed by atoms with Gasteiger partial charge in [0.05, 0.1) is 0 Å². The van der Waals surface area contributed by atoms with Crippen LogP contribution in [0.1, 0.15) is 84.0 Å². The third kappa shape index (κ3) is 4.40. The maximum absolute atomic E-state index is 9.52. The fourth-order valence-corrected chi connectivity index (χ4v) is 10.2. The predicted octanol–water partition coefficient (Wildman–Crippen LogP) is 6.79. The summed E-state index contributed by atoms with van der Waals surface area (Å²) < 4.78 is 0.417. The number of nitrogens with one attached hydrogen (secondary N) is 1. The van der Waals surface area contributed by atoms with E-state index in [-0.39, 0.29) is 0 Å². The molecule has 1 radical (unpaired) electrons. The molecule has 4 aliphatic rings. The summed E-state index contributed by atoms with van der Waals surface area (Å²) in [7, 11) is -0.685. The van der Waals surface area contributed by atoms with Crippen LogP contribution in [0.3, 0.4) is 0 Å². The van der Waals surface area contributed by atoms with Crippen molar-refractivity contribution in [1.29, 1.82) is 5.26 Å². The van der Waals surface area contributed by atoms with E-state index < -0.39 is 8.07 Å². The van der Waals surface area contributed by atoms with Gasteiger partial charge in [-0.15, -0.1) is 0 Å². The van der Waals surface area contributed by atoms with Gasteiger partial charge in [0.2, 0.25) is 0 Å². The third-order valence-corrected chi connectivity index (χ3v) is 12.0. The molecule has 0 aromatic heterocycles. The number of rotatable bonds is 6. The SMILES string of the molecule is C=C(C)CCCC1CCC2C3C(NP(C)C#N)CC4CCCCC4C3CCC12[Se]. The average Bonchev–Trinajstić information content (AvgIpc) is 3.04. The van der Waals surface area contributed by atoms with Crippen molar-refractivity contribution in [2.24, 2.45) is 35.5 Å². The molecule has 29 heavy (non-hydrogen) atoms. The van der Waals surface area contributed by atoms with E-state index in [2.05, 4.69) is 47.1 Å². The van der Waals surface area contributed by atoms with Crippen LogP contribution >= 0.6 is 8.07 Å². The molecule has 161 valence electrons. The summed E-state index contributed by atoms with van der Waals surface area (Å²) in [5, 5.41) is 13.4. The van der Waals surface area contributed by atoms with Crippen LogP contribution in [0.15, 0.2) is 12.2 Å². The van der Waals surface area contributed by atoms with Gasteiger partial charge in [0.1, 0.15) is 0 Å². The Morgan fingerprint density at radius 2 is 2.00 bits per heavy atom. The van der Waals surface area contributed by atoms with Crippen LogP contribution in [0.4, 0.5) is 0 Å². The molecule has 2 nitrogen and oxygen atoms in total. The van der Waals surface area contributed by atoms with Gasteiger partial charge in [-0.3, -0.25) is 0 Å². The second-order valence-corrected chi connectivity index (χ2v) is 14.0. The molecule has 4 saturated carbocycles. The molecule has 4 heteroatoms. The molecule has 0 amide bonds. The maximum atomic E-state index is 9.52. The monoisotopic (exact) mass is 479 g/mol. The van der Waals surface area contributed by atoms with Gasteiger partial charge in [-0.25, -0.2) is 0 Å². The number of nitrogens with zero attached hydrogens (tertiary/aromatic N) is 1. The van der Waals surface area contributed by atoms with Gasteiger partial charge < -0.3 is 0 Å². The van der Waals surface area contributed by atoms with Crippen molar-refractivity contribution in [1.82, 2.24) is 5.09 Å². The van der Waals surface area contributed by atoms with Gasteiger partial charge in [-0.1, -0.05) is 0 Å². The Balaban J connectivity index is 1.55. The van der Waals surface area contributed by atoms with Crippen molar-refractivity contribution >= 4 is 24.1 Å². The molecule has 9 unspecified atom stereocenters. The first-order chi connectivity index (χ1) is 13.9. The number of hydrogen-bond acceptors (Lipinski definition) is 2. The molecule has 0 saturated heterocycles. The van der Waals surface area contributed by atoms with E-state index in [1.54, 1.807) is 0 Å². The Kier molecular flexibility index (Phi) is 7.18. The molecule has 0 aliphatic heterocycles. The summed E-state index contributed by atoms with van der Waals surface area (Å²) in [6.45, 7) is 8.41. The van der Waals surface area contributed by atoms with Crippen LogP contribution in [0.2, 0.25) is 4.31 Å². The van der Waals surface area contributed by atoms with Crippen LogP contribution in [0, 0.1) is 46.6 Å². The van der Waals surface area contributed by atoms with E-state index in [9.17, 15) is 5.26 Å². The Hall–Kier alpha value is 0.139. The van der Waals surface area contributed by atoms with Gasteiger partial charge in [0.15, 0.2) is 0 Å². The minimum absolute atomic E-state index is 0.417. The van der Waals surface area contributed by atoms with Crippen LogP contribution < -0.4 is 5.09 Å². The van der Waals surface area contributed by atoms with Crippen molar-refractivity contribution in [3.05, 3.63) is 12.2 Å². The number of nitriles is 1. The van der Waals surface area contributed by atoms with Gasteiger partial charge in [0.25, 0.3) is 0 Å². The average molecular weight is 479 g/mol. The zero-order chi connectivity index (χ0) is 20.6. The summed E-state index contributed by atoms with van der Waals surface area (Å²) in [5.41, 5.74) is 1.34. The predicted molar refractivity (Wildman–Crippen MR) is 125 cm³/mol.